The van der Waals surface area contributed by atoms with Crippen LogP contribution >= 0.6 is 0 Å². The van der Waals surface area contributed by atoms with Crippen molar-refractivity contribution >= 4 is 0 Å². The molecule has 2 N–H and O–H groups in total. The summed E-state index contributed by atoms with van der Waals surface area (Å²) < 4.78 is 11.8. The Balaban J connectivity index is 1.60. The van der Waals surface area contributed by atoms with Gasteiger partial charge in [0, 0.05) is 16.7 Å². The molecule has 1 aromatic heterocycles. The van der Waals surface area contributed by atoms with E-state index in [1.165, 1.54) is 11.1 Å². The van der Waals surface area contributed by atoms with Crippen LogP contribution in [0.5, 0.6) is 5.75 Å². The van der Waals surface area contributed by atoms with Crippen molar-refractivity contribution < 1.29 is 9.15 Å². The lowest BCUT2D eigenvalue weighted by atomic mass is 9.77. The SMILES string of the molecule is CC[C@]1(N)CCc2ccc(-c3nnc(-c4ccc(OC(C)C)c(C)c4)o3)cc2C1. The van der Waals surface area contributed by atoms with Gasteiger partial charge in [0.2, 0.25) is 11.8 Å². The van der Waals surface area contributed by atoms with E-state index in [4.69, 9.17) is 14.9 Å². The van der Waals surface area contributed by atoms with Gasteiger partial charge in [-0.3, -0.25) is 0 Å². The molecule has 0 spiro atoms. The number of nitrogens with zero attached hydrogens (tertiary/aromatic N) is 2. The second-order valence-corrected chi connectivity index (χ2v) is 8.44. The van der Waals surface area contributed by atoms with Crippen molar-refractivity contribution in [3.05, 3.63) is 53.1 Å². The van der Waals surface area contributed by atoms with Crippen LogP contribution in [-0.2, 0) is 12.8 Å². The molecule has 5 nitrogen and oxygen atoms in total. The lowest BCUT2D eigenvalue weighted by Crippen LogP contribution is -2.44. The molecule has 29 heavy (non-hydrogen) atoms. The summed E-state index contributed by atoms with van der Waals surface area (Å²) >= 11 is 0. The number of fused-ring (bicyclic) bond motifs is 1. The Kier molecular flexibility index (Phi) is 5.17. The fourth-order valence-corrected chi connectivity index (χ4v) is 3.95. The van der Waals surface area contributed by atoms with E-state index in [1.54, 1.807) is 0 Å². The van der Waals surface area contributed by atoms with E-state index in [-0.39, 0.29) is 11.6 Å². The molecule has 0 bridgehead atoms. The first-order valence-electron chi connectivity index (χ1n) is 10.4. The third-order valence-corrected chi connectivity index (χ3v) is 5.80. The molecule has 2 aromatic carbocycles. The molecule has 1 aliphatic rings. The van der Waals surface area contributed by atoms with Crippen LogP contribution in [0.4, 0.5) is 0 Å². The number of ether oxygens (including phenoxy) is 1. The van der Waals surface area contributed by atoms with Crippen LogP contribution in [-0.4, -0.2) is 21.8 Å². The van der Waals surface area contributed by atoms with E-state index < -0.39 is 0 Å². The predicted octanol–water partition coefficient (Wildman–Crippen LogP) is 5.10. The van der Waals surface area contributed by atoms with Gasteiger partial charge in [0.15, 0.2) is 0 Å². The van der Waals surface area contributed by atoms with Gasteiger partial charge in [-0.1, -0.05) is 13.0 Å². The topological polar surface area (TPSA) is 74.2 Å². The number of rotatable bonds is 5. The Morgan fingerprint density at radius 2 is 1.76 bits per heavy atom. The minimum absolute atomic E-state index is 0.108. The monoisotopic (exact) mass is 391 g/mol. The normalized spacial score (nSPS) is 18.7. The second-order valence-electron chi connectivity index (χ2n) is 8.44. The van der Waals surface area contributed by atoms with Crippen LogP contribution in [0.25, 0.3) is 22.9 Å². The summed E-state index contributed by atoms with van der Waals surface area (Å²) in [7, 11) is 0. The quantitative estimate of drug-likeness (QED) is 0.655. The number of benzene rings is 2. The number of hydrogen-bond donors (Lipinski definition) is 1. The van der Waals surface area contributed by atoms with Crippen molar-refractivity contribution in [3.8, 4) is 28.7 Å². The van der Waals surface area contributed by atoms with Crippen molar-refractivity contribution in [1.82, 2.24) is 10.2 Å². The number of aromatic nitrogens is 2. The van der Waals surface area contributed by atoms with Crippen LogP contribution in [0.15, 0.2) is 40.8 Å². The molecule has 0 unspecified atom stereocenters. The highest BCUT2D eigenvalue weighted by molar-refractivity contribution is 5.61. The molecule has 3 aromatic rings. The summed E-state index contributed by atoms with van der Waals surface area (Å²) in [5.41, 5.74) is 12.0. The minimum atomic E-state index is -0.108. The zero-order valence-corrected chi connectivity index (χ0v) is 17.7. The van der Waals surface area contributed by atoms with Gasteiger partial charge in [0.05, 0.1) is 6.10 Å². The average molecular weight is 392 g/mol. The van der Waals surface area contributed by atoms with Crippen LogP contribution in [0.3, 0.4) is 0 Å². The minimum Gasteiger partial charge on any atom is -0.491 e. The van der Waals surface area contributed by atoms with Crippen LogP contribution in [0, 0.1) is 6.92 Å². The van der Waals surface area contributed by atoms with Gasteiger partial charge in [0.25, 0.3) is 0 Å². The summed E-state index contributed by atoms with van der Waals surface area (Å²) in [5, 5.41) is 8.56. The van der Waals surface area contributed by atoms with Gasteiger partial charge in [-0.25, -0.2) is 0 Å². The molecule has 0 fully saturated rings. The molecule has 0 amide bonds. The summed E-state index contributed by atoms with van der Waals surface area (Å²) in [5.74, 6) is 1.92. The highest BCUT2D eigenvalue weighted by Gasteiger charge is 2.29. The van der Waals surface area contributed by atoms with Crippen LogP contribution in [0.1, 0.15) is 50.3 Å². The van der Waals surface area contributed by atoms with Crippen molar-refractivity contribution in [2.75, 3.05) is 0 Å². The van der Waals surface area contributed by atoms with E-state index in [2.05, 4.69) is 35.3 Å². The van der Waals surface area contributed by atoms with Crippen LogP contribution in [0.2, 0.25) is 0 Å². The molecule has 0 aliphatic heterocycles. The Labute approximate surface area is 172 Å². The smallest absolute Gasteiger partial charge is 0.248 e. The predicted molar refractivity (Wildman–Crippen MR) is 115 cm³/mol. The lowest BCUT2D eigenvalue weighted by molar-refractivity contribution is 0.241. The summed E-state index contributed by atoms with van der Waals surface area (Å²) in [6.07, 6.45) is 4.08. The standard InChI is InChI=1S/C24H29N3O2/c1-5-24(25)11-10-17-6-7-19(13-20(17)14-24)23-27-26-22(29-23)18-8-9-21(16(4)12-18)28-15(2)3/h6-9,12-13,15H,5,10-11,14,25H2,1-4H3/t24-/m0/s1. The third-order valence-electron chi connectivity index (χ3n) is 5.80. The van der Waals surface area contributed by atoms with Crippen LogP contribution < -0.4 is 10.5 Å². The molecule has 0 saturated heterocycles. The maximum absolute atomic E-state index is 6.54. The fraction of sp³-hybridized carbons (Fsp3) is 0.417. The number of nitrogens with two attached hydrogens (primary N) is 1. The van der Waals surface area contributed by atoms with Crippen molar-refractivity contribution in [2.45, 2.75) is 65.0 Å². The van der Waals surface area contributed by atoms with E-state index >= 15 is 0 Å². The Bertz CT molecular complexity index is 1020. The summed E-state index contributed by atoms with van der Waals surface area (Å²) in [6, 6.07) is 12.3. The third kappa shape index (κ3) is 4.06. The molecular formula is C24H29N3O2. The molecule has 1 heterocycles. The van der Waals surface area contributed by atoms with Gasteiger partial charge in [-0.2, -0.15) is 0 Å². The highest BCUT2D eigenvalue weighted by Crippen LogP contribution is 2.33. The number of hydrogen-bond acceptors (Lipinski definition) is 5. The van der Waals surface area contributed by atoms with Crippen molar-refractivity contribution in [1.29, 1.82) is 0 Å². The van der Waals surface area contributed by atoms with Gasteiger partial charge < -0.3 is 14.9 Å². The number of aryl methyl sites for hydroxylation is 2. The van der Waals surface area contributed by atoms with Crippen molar-refractivity contribution in [2.24, 2.45) is 5.73 Å². The first kappa shape index (κ1) is 19.6. The van der Waals surface area contributed by atoms with Gasteiger partial charge in [0.1, 0.15) is 5.75 Å². The molecule has 1 aliphatic carbocycles. The Morgan fingerprint density at radius 3 is 2.41 bits per heavy atom. The van der Waals surface area contributed by atoms with E-state index in [1.807, 2.05) is 39.0 Å². The van der Waals surface area contributed by atoms with E-state index in [0.29, 0.717) is 11.8 Å². The molecule has 4 rings (SSSR count). The fourth-order valence-electron chi connectivity index (χ4n) is 3.95. The zero-order chi connectivity index (χ0) is 20.6. The van der Waals surface area contributed by atoms with Gasteiger partial charge in [-0.05, 0) is 93.5 Å². The first-order chi connectivity index (χ1) is 13.9. The molecule has 0 radical (unpaired) electrons. The highest BCUT2D eigenvalue weighted by atomic mass is 16.5. The molecule has 5 heteroatoms. The van der Waals surface area contributed by atoms with Crippen molar-refractivity contribution in [3.63, 3.8) is 0 Å². The zero-order valence-electron chi connectivity index (χ0n) is 17.7. The summed E-state index contributed by atoms with van der Waals surface area (Å²) in [6.45, 7) is 8.23. The largest absolute Gasteiger partial charge is 0.491 e. The Morgan fingerprint density at radius 1 is 1.07 bits per heavy atom. The van der Waals surface area contributed by atoms with Gasteiger partial charge in [-0.15, -0.1) is 10.2 Å². The molecule has 1 atom stereocenters. The summed E-state index contributed by atoms with van der Waals surface area (Å²) in [4.78, 5) is 0. The molecule has 0 saturated carbocycles. The maximum atomic E-state index is 6.54. The van der Waals surface area contributed by atoms with E-state index in [0.717, 1.165) is 48.1 Å². The molecular weight excluding hydrogens is 362 g/mol. The van der Waals surface area contributed by atoms with E-state index in [9.17, 15) is 0 Å². The second kappa shape index (κ2) is 7.64. The molecule has 152 valence electrons. The Hall–Kier alpha value is -2.66. The average Bonchev–Trinajstić information content (AvgIpc) is 3.19. The first-order valence-corrected chi connectivity index (χ1v) is 10.4. The maximum Gasteiger partial charge on any atom is 0.248 e. The van der Waals surface area contributed by atoms with Gasteiger partial charge >= 0.3 is 0 Å². The lowest BCUT2D eigenvalue weighted by Gasteiger charge is -2.34.